The summed E-state index contributed by atoms with van der Waals surface area (Å²) in [7, 11) is 0. The summed E-state index contributed by atoms with van der Waals surface area (Å²) in [6.45, 7) is 5.95. The standard InChI is InChI=1S/C22H21BrN4O/c1-13-9-14(2)25-22(24-13)26-19-6-4-5-16(12-19)21(28)27-15(3)10-17-11-18(23)7-8-20(17)27/h4-9,11-12,15H,10H2,1-3H3,(H,24,25,26). The molecule has 1 aromatic heterocycles. The first-order valence-corrected chi connectivity index (χ1v) is 10.0. The summed E-state index contributed by atoms with van der Waals surface area (Å²) in [6.07, 6.45) is 0.856. The summed E-state index contributed by atoms with van der Waals surface area (Å²) < 4.78 is 1.03. The van der Waals surface area contributed by atoms with Gasteiger partial charge in [0.1, 0.15) is 0 Å². The molecule has 1 unspecified atom stereocenters. The molecule has 1 N–H and O–H groups in total. The summed E-state index contributed by atoms with van der Waals surface area (Å²) in [5, 5.41) is 3.21. The van der Waals surface area contributed by atoms with Gasteiger partial charge in [0.15, 0.2) is 0 Å². The van der Waals surface area contributed by atoms with Crippen molar-refractivity contribution in [1.82, 2.24) is 9.97 Å². The van der Waals surface area contributed by atoms with Gasteiger partial charge < -0.3 is 10.2 Å². The lowest BCUT2D eigenvalue weighted by molar-refractivity contribution is 0.0981. The van der Waals surface area contributed by atoms with Gasteiger partial charge in [0, 0.05) is 38.8 Å². The Morgan fingerprint density at radius 1 is 1.11 bits per heavy atom. The molecule has 0 bridgehead atoms. The normalized spacial score (nSPS) is 15.4. The molecule has 0 aliphatic carbocycles. The first-order valence-electron chi connectivity index (χ1n) is 9.22. The number of rotatable bonds is 3. The van der Waals surface area contributed by atoms with Crippen LogP contribution in [0.25, 0.3) is 0 Å². The maximum absolute atomic E-state index is 13.3. The third kappa shape index (κ3) is 3.64. The molecule has 28 heavy (non-hydrogen) atoms. The molecule has 2 aromatic carbocycles. The van der Waals surface area contributed by atoms with E-state index in [0.717, 1.165) is 33.7 Å². The van der Waals surface area contributed by atoms with Crippen LogP contribution < -0.4 is 10.2 Å². The number of aromatic nitrogens is 2. The molecule has 0 fully saturated rings. The average molecular weight is 437 g/mol. The van der Waals surface area contributed by atoms with Crippen LogP contribution in [0.2, 0.25) is 0 Å². The van der Waals surface area contributed by atoms with Crippen LogP contribution in [-0.4, -0.2) is 21.9 Å². The second kappa shape index (κ2) is 7.36. The Kier molecular flexibility index (Phi) is 4.89. The molecule has 0 saturated heterocycles. The number of amides is 1. The molecule has 3 aromatic rings. The zero-order valence-corrected chi connectivity index (χ0v) is 17.6. The Bertz CT molecular complexity index is 1050. The van der Waals surface area contributed by atoms with Crippen LogP contribution in [0, 0.1) is 13.8 Å². The summed E-state index contributed by atoms with van der Waals surface area (Å²) in [4.78, 5) is 24.0. The third-order valence-corrected chi connectivity index (χ3v) is 5.32. The highest BCUT2D eigenvalue weighted by Gasteiger charge is 2.31. The van der Waals surface area contributed by atoms with Gasteiger partial charge in [-0.2, -0.15) is 0 Å². The number of benzene rings is 2. The lowest BCUT2D eigenvalue weighted by Crippen LogP contribution is -2.35. The van der Waals surface area contributed by atoms with Gasteiger partial charge in [-0.05, 0) is 75.2 Å². The molecule has 4 rings (SSSR count). The molecule has 0 spiro atoms. The summed E-state index contributed by atoms with van der Waals surface area (Å²) in [6, 6.07) is 15.6. The minimum atomic E-state index is -0.00133. The Balaban J connectivity index is 1.62. The van der Waals surface area contributed by atoms with E-state index in [-0.39, 0.29) is 11.9 Å². The van der Waals surface area contributed by atoms with E-state index in [1.54, 1.807) is 0 Å². The summed E-state index contributed by atoms with van der Waals surface area (Å²) in [5.74, 6) is 0.533. The van der Waals surface area contributed by atoms with Crippen LogP contribution in [0.3, 0.4) is 0 Å². The van der Waals surface area contributed by atoms with E-state index in [2.05, 4.69) is 44.2 Å². The van der Waals surface area contributed by atoms with Crippen molar-refractivity contribution in [1.29, 1.82) is 0 Å². The molecule has 1 aliphatic rings. The molecule has 1 atom stereocenters. The molecule has 0 radical (unpaired) electrons. The highest BCUT2D eigenvalue weighted by Crippen LogP contribution is 2.35. The number of carbonyl (C=O) groups is 1. The first kappa shape index (κ1) is 18.6. The molecular formula is C22H21BrN4O. The van der Waals surface area contributed by atoms with Crippen molar-refractivity contribution < 1.29 is 4.79 Å². The lowest BCUT2D eigenvalue weighted by Gasteiger charge is -2.23. The van der Waals surface area contributed by atoms with Crippen LogP contribution in [0.4, 0.5) is 17.3 Å². The van der Waals surface area contributed by atoms with Gasteiger partial charge in [-0.15, -0.1) is 0 Å². The Morgan fingerprint density at radius 2 is 1.86 bits per heavy atom. The van der Waals surface area contributed by atoms with Crippen molar-refractivity contribution in [3.63, 3.8) is 0 Å². The molecule has 142 valence electrons. The van der Waals surface area contributed by atoms with Gasteiger partial charge >= 0.3 is 0 Å². The largest absolute Gasteiger partial charge is 0.324 e. The molecule has 6 heteroatoms. The van der Waals surface area contributed by atoms with Gasteiger partial charge in [0.05, 0.1) is 0 Å². The number of aryl methyl sites for hydroxylation is 2. The van der Waals surface area contributed by atoms with E-state index in [4.69, 9.17) is 0 Å². The number of hydrogen-bond acceptors (Lipinski definition) is 4. The van der Waals surface area contributed by atoms with Crippen molar-refractivity contribution in [3.8, 4) is 0 Å². The fraction of sp³-hybridized carbons (Fsp3) is 0.227. The van der Waals surface area contributed by atoms with Crippen LogP contribution in [0.15, 0.2) is 53.0 Å². The number of halogens is 1. The second-order valence-corrected chi connectivity index (χ2v) is 8.10. The van der Waals surface area contributed by atoms with E-state index in [1.807, 2.05) is 61.2 Å². The SMILES string of the molecule is Cc1cc(C)nc(Nc2cccc(C(=O)N3c4ccc(Br)cc4CC3C)c2)n1. The monoisotopic (exact) mass is 436 g/mol. The smallest absolute Gasteiger partial charge is 0.258 e. The first-order chi connectivity index (χ1) is 13.4. The summed E-state index contributed by atoms with van der Waals surface area (Å²) in [5.41, 5.74) is 5.40. The van der Waals surface area contributed by atoms with E-state index in [0.29, 0.717) is 11.5 Å². The van der Waals surface area contributed by atoms with E-state index >= 15 is 0 Å². The topological polar surface area (TPSA) is 58.1 Å². The number of nitrogens with zero attached hydrogens (tertiary/aromatic N) is 3. The predicted octanol–water partition coefficient (Wildman–Crippen LogP) is 5.19. The predicted molar refractivity (Wildman–Crippen MR) is 115 cm³/mol. The second-order valence-electron chi connectivity index (χ2n) is 7.18. The van der Waals surface area contributed by atoms with Gasteiger partial charge in [0.2, 0.25) is 5.95 Å². The van der Waals surface area contributed by atoms with Crippen molar-refractivity contribution in [2.24, 2.45) is 0 Å². The molecule has 2 heterocycles. The van der Waals surface area contributed by atoms with Gasteiger partial charge in [-0.25, -0.2) is 9.97 Å². The van der Waals surface area contributed by atoms with Gasteiger partial charge in [-0.1, -0.05) is 22.0 Å². The minimum Gasteiger partial charge on any atom is -0.324 e. The highest BCUT2D eigenvalue weighted by atomic mass is 79.9. The zero-order valence-electron chi connectivity index (χ0n) is 16.0. The van der Waals surface area contributed by atoms with Crippen LogP contribution in [0.5, 0.6) is 0 Å². The minimum absolute atomic E-state index is 0.00133. The number of carbonyl (C=O) groups excluding carboxylic acids is 1. The summed E-state index contributed by atoms with van der Waals surface area (Å²) >= 11 is 3.51. The number of anilines is 3. The maximum Gasteiger partial charge on any atom is 0.258 e. The van der Waals surface area contributed by atoms with Crippen molar-refractivity contribution in [3.05, 3.63) is 75.5 Å². The maximum atomic E-state index is 13.3. The zero-order chi connectivity index (χ0) is 19.8. The van der Waals surface area contributed by atoms with Crippen LogP contribution in [0.1, 0.15) is 34.2 Å². The van der Waals surface area contributed by atoms with Crippen molar-refractivity contribution >= 4 is 39.2 Å². The number of fused-ring (bicyclic) bond motifs is 1. The van der Waals surface area contributed by atoms with Gasteiger partial charge in [-0.3, -0.25) is 4.79 Å². The van der Waals surface area contributed by atoms with Gasteiger partial charge in [0.25, 0.3) is 5.91 Å². The fourth-order valence-electron chi connectivity index (χ4n) is 3.69. The van der Waals surface area contributed by atoms with E-state index < -0.39 is 0 Å². The quantitative estimate of drug-likeness (QED) is 0.613. The van der Waals surface area contributed by atoms with Crippen molar-refractivity contribution in [2.75, 3.05) is 10.2 Å². The van der Waals surface area contributed by atoms with Crippen LogP contribution >= 0.6 is 15.9 Å². The van der Waals surface area contributed by atoms with E-state index in [1.165, 1.54) is 5.56 Å². The highest BCUT2D eigenvalue weighted by molar-refractivity contribution is 9.10. The van der Waals surface area contributed by atoms with Crippen LogP contribution in [-0.2, 0) is 6.42 Å². The Labute approximate surface area is 173 Å². The molecule has 5 nitrogen and oxygen atoms in total. The average Bonchev–Trinajstić information content (AvgIpc) is 2.95. The Morgan fingerprint density at radius 3 is 2.61 bits per heavy atom. The fourth-order valence-corrected chi connectivity index (χ4v) is 4.10. The molecule has 0 saturated carbocycles. The van der Waals surface area contributed by atoms with Crippen molar-refractivity contribution in [2.45, 2.75) is 33.2 Å². The molecule has 1 amide bonds. The molecular weight excluding hydrogens is 416 g/mol. The third-order valence-electron chi connectivity index (χ3n) is 4.82. The lowest BCUT2D eigenvalue weighted by atomic mass is 10.1. The number of nitrogens with one attached hydrogen (secondary N) is 1. The van der Waals surface area contributed by atoms with E-state index in [9.17, 15) is 4.79 Å². The Hall–Kier alpha value is -2.73. The number of hydrogen-bond donors (Lipinski definition) is 1. The molecule has 1 aliphatic heterocycles.